The van der Waals surface area contributed by atoms with Gasteiger partial charge in [0, 0.05) is 41.8 Å². The van der Waals surface area contributed by atoms with Crippen molar-refractivity contribution >= 4 is 45.2 Å². The molecule has 1 atom stereocenters. The first kappa shape index (κ1) is 39.8. The highest BCUT2D eigenvalue weighted by molar-refractivity contribution is 7.19. The van der Waals surface area contributed by atoms with E-state index in [9.17, 15) is 4.79 Å². The van der Waals surface area contributed by atoms with Crippen molar-refractivity contribution in [1.82, 2.24) is 0 Å². The van der Waals surface area contributed by atoms with Gasteiger partial charge in [0.25, 0.3) is 0 Å². The predicted molar refractivity (Wildman–Crippen MR) is 222 cm³/mol. The lowest BCUT2D eigenvalue weighted by atomic mass is 9.76. The first-order valence-electron chi connectivity index (χ1n) is 18.5. The van der Waals surface area contributed by atoms with Gasteiger partial charge in [-0.3, -0.25) is 4.79 Å². The molecule has 56 heavy (non-hydrogen) atoms. The largest absolute Gasteiger partial charge is 0.380 e. The Bertz CT molecular complexity index is 2390. The molecule has 5 aromatic rings. The van der Waals surface area contributed by atoms with Crippen LogP contribution in [-0.2, 0) is 5.41 Å². The minimum Gasteiger partial charge on any atom is -0.278 e. The van der Waals surface area contributed by atoms with Gasteiger partial charge >= 0.3 is 23.6 Å². The van der Waals surface area contributed by atoms with E-state index in [1.54, 1.807) is 72.8 Å². The van der Waals surface area contributed by atoms with Crippen molar-refractivity contribution in [2.45, 2.75) is 78.1 Å². The first-order chi connectivity index (χ1) is 26.1. The first-order valence-corrected chi connectivity index (χ1v) is 20.1. The Morgan fingerprint density at radius 2 is 1.16 bits per heavy atom. The van der Waals surface area contributed by atoms with Crippen molar-refractivity contribution in [1.29, 1.82) is 0 Å². The summed E-state index contributed by atoms with van der Waals surface area (Å²) in [6, 6.07) is 25.4. The van der Waals surface area contributed by atoms with E-state index in [4.69, 9.17) is 0 Å². The molecule has 0 saturated heterocycles. The van der Waals surface area contributed by atoms with Crippen LogP contribution < -0.4 is 0 Å². The number of hydrogen-bond acceptors (Lipinski definition) is 2. The van der Waals surface area contributed by atoms with E-state index >= 15 is 26.3 Å². The predicted octanol–water partition coefficient (Wildman–Crippen LogP) is 14.9. The minimum atomic E-state index is -5.74. The Labute approximate surface area is 332 Å². The van der Waals surface area contributed by atoms with Gasteiger partial charge in [0.2, 0.25) is 0 Å². The lowest BCUT2D eigenvalue weighted by molar-refractivity contribution is -0.254. The molecule has 290 valence electrons. The smallest absolute Gasteiger partial charge is 0.278 e. The summed E-state index contributed by atoms with van der Waals surface area (Å²) in [5.41, 5.74) is -0.165. The molecule has 0 bridgehead atoms. The van der Waals surface area contributed by atoms with Crippen LogP contribution >= 0.6 is 22.7 Å². The van der Waals surface area contributed by atoms with E-state index in [1.165, 1.54) is 19.1 Å². The van der Waals surface area contributed by atoms with Gasteiger partial charge in [0.05, 0.1) is 12.5 Å². The quantitative estimate of drug-likeness (QED) is 0.0888. The molecule has 0 fully saturated rings. The fourth-order valence-electron chi connectivity index (χ4n) is 7.33. The molecule has 0 radical (unpaired) electrons. The number of hydrogen-bond donors (Lipinski definition) is 0. The SMILES string of the molecule is CC(=[OH+])c1ccc(-c2cc(C3=C(c4cc(-c5ccccc5)sc4C4=CCC(C(C)(C)C)C=C4)C(F)(F)C(F)(F)C3(F)F)c(-c3ccc(C(C)(C)C)cc3)s2)cc1. The zero-order chi connectivity index (χ0) is 40.6. The summed E-state index contributed by atoms with van der Waals surface area (Å²) >= 11 is 2.20. The van der Waals surface area contributed by atoms with Gasteiger partial charge in [-0.2, -0.15) is 26.3 Å². The zero-order valence-corrected chi connectivity index (χ0v) is 33.8. The Hall–Kier alpha value is -4.47. The topological polar surface area (TPSA) is 21.4 Å². The molecule has 3 aromatic carbocycles. The number of rotatable bonds is 7. The molecule has 7 rings (SSSR count). The number of allylic oxidation sites excluding steroid dienone is 6. The van der Waals surface area contributed by atoms with Crippen LogP contribution in [0.25, 0.3) is 48.0 Å². The molecule has 2 aliphatic rings. The molecular formula is C47H43F6OS2+. The van der Waals surface area contributed by atoms with E-state index in [1.807, 2.05) is 45.1 Å². The second kappa shape index (κ2) is 13.9. The van der Waals surface area contributed by atoms with Crippen LogP contribution in [0, 0.1) is 11.3 Å². The fraction of sp³-hybridized carbons (Fsp3) is 0.298. The zero-order valence-electron chi connectivity index (χ0n) is 32.2. The molecule has 0 aliphatic heterocycles. The van der Waals surface area contributed by atoms with E-state index in [0.717, 1.165) is 28.2 Å². The van der Waals surface area contributed by atoms with Crippen molar-refractivity contribution in [3.8, 4) is 31.3 Å². The summed E-state index contributed by atoms with van der Waals surface area (Å²) in [4.78, 5) is 11.3. The molecule has 0 amide bonds. The molecule has 2 aliphatic carbocycles. The number of benzene rings is 3. The number of alkyl halides is 6. The molecule has 9 heteroatoms. The lowest BCUT2D eigenvalue weighted by Gasteiger charge is -2.29. The Balaban J connectivity index is 1.54. The number of carbonyl (C=O) groups excluding carboxylic acids is 1. The average Bonchev–Trinajstić information content (AvgIpc) is 3.81. The van der Waals surface area contributed by atoms with Gasteiger partial charge in [-0.15, -0.1) is 22.7 Å². The second-order valence-corrected chi connectivity index (χ2v) is 18.9. The van der Waals surface area contributed by atoms with Crippen LogP contribution in [-0.4, -0.2) is 28.3 Å². The standard InChI is InChI=1S/C47H42F6OS2/c1-27(54)28-13-15-30(16-14-28)38-26-36(42(56-38)32-19-23-34(24-20-32)44(5,6)7)40-39(45(48,49)47(52,53)46(40,50)51)35-25-37(29-11-9-8-10-12-29)55-41(35)31-17-21-33(22-18-31)43(2,3)4/h8-21,23-26,33H,22H2,1-7H3/p+1. The second-order valence-electron chi connectivity index (χ2n) is 16.8. The highest BCUT2D eigenvalue weighted by Gasteiger charge is 2.80. The van der Waals surface area contributed by atoms with Crippen molar-refractivity contribution in [3.63, 3.8) is 0 Å². The minimum absolute atomic E-state index is 0.0752. The highest BCUT2D eigenvalue weighted by Crippen LogP contribution is 2.67. The summed E-state index contributed by atoms with van der Waals surface area (Å²) < 4.78 is 98.9. The molecular weight excluding hydrogens is 759 g/mol. The highest BCUT2D eigenvalue weighted by atomic mass is 32.1. The van der Waals surface area contributed by atoms with Gasteiger partial charge < -0.3 is 0 Å². The third kappa shape index (κ3) is 6.74. The van der Waals surface area contributed by atoms with E-state index in [0.29, 0.717) is 44.0 Å². The van der Waals surface area contributed by atoms with Gasteiger partial charge in [0.15, 0.2) is 0 Å². The molecule has 0 saturated carbocycles. The Morgan fingerprint density at radius 3 is 1.64 bits per heavy atom. The molecule has 0 spiro atoms. The monoisotopic (exact) mass is 801 g/mol. The van der Waals surface area contributed by atoms with Gasteiger partial charge in [-0.25, -0.2) is 0 Å². The molecule has 2 aromatic heterocycles. The molecule has 1 N–H and O–H groups in total. The molecule has 2 heterocycles. The van der Waals surface area contributed by atoms with Crippen molar-refractivity contribution in [3.05, 3.63) is 136 Å². The third-order valence-electron chi connectivity index (χ3n) is 10.8. The number of thiophene rings is 2. The van der Waals surface area contributed by atoms with Crippen LogP contribution in [0.2, 0.25) is 0 Å². The number of halogens is 6. The maximum absolute atomic E-state index is 16.7. The molecule has 1 unspecified atom stereocenters. The van der Waals surface area contributed by atoms with Gasteiger partial charge in [-0.1, -0.05) is 127 Å². The van der Waals surface area contributed by atoms with Gasteiger partial charge in [-0.05, 0) is 75.3 Å². The van der Waals surface area contributed by atoms with Gasteiger partial charge in [0.1, 0.15) is 0 Å². The summed E-state index contributed by atoms with van der Waals surface area (Å²) in [7, 11) is 0. The van der Waals surface area contributed by atoms with Crippen molar-refractivity contribution in [2.75, 3.05) is 0 Å². The summed E-state index contributed by atoms with van der Waals surface area (Å²) in [5, 5.41) is 0. The van der Waals surface area contributed by atoms with E-state index in [-0.39, 0.29) is 43.4 Å². The normalized spacial score (nSPS) is 19.0. The van der Waals surface area contributed by atoms with Crippen molar-refractivity contribution in [2.24, 2.45) is 11.3 Å². The van der Waals surface area contributed by atoms with Crippen LogP contribution in [0.5, 0.6) is 0 Å². The van der Waals surface area contributed by atoms with Crippen molar-refractivity contribution < 1.29 is 31.1 Å². The summed E-state index contributed by atoms with van der Waals surface area (Å²) in [6.45, 7) is 13.9. The average molecular weight is 802 g/mol. The molecule has 1 nitrogen and oxygen atoms in total. The summed E-state index contributed by atoms with van der Waals surface area (Å²) in [6.07, 6.45) is 6.24. The maximum Gasteiger partial charge on any atom is 0.380 e. The third-order valence-corrected chi connectivity index (χ3v) is 13.3. The van der Waals surface area contributed by atoms with E-state index in [2.05, 4.69) is 20.8 Å². The lowest BCUT2D eigenvalue weighted by Crippen LogP contribution is -2.48. The number of ketones is 1. The maximum atomic E-state index is 16.7. The van der Waals surface area contributed by atoms with Crippen LogP contribution in [0.1, 0.15) is 82.0 Å². The van der Waals surface area contributed by atoms with E-state index < -0.39 is 28.9 Å². The Morgan fingerprint density at radius 1 is 0.661 bits per heavy atom. The van der Waals surface area contributed by atoms with Crippen LogP contribution in [0.4, 0.5) is 26.3 Å². The van der Waals surface area contributed by atoms with Crippen LogP contribution in [0.3, 0.4) is 0 Å². The summed E-state index contributed by atoms with van der Waals surface area (Å²) in [5.74, 6) is -16.0. The fourth-order valence-corrected chi connectivity index (χ4v) is 9.70. The van der Waals surface area contributed by atoms with Crippen LogP contribution in [0.15, 0.2) is 109 Å². The Kier molecular flexibility index (Phi) is 9.85.